The molecule has 0 bridgehead atoms. The van der Waals surface area contributed by atoms with Crippen LogP contribution in [-0.4, -0.2) is 16.9 Å². The van der Waals surface area contributed by atoms with E-state index in [1.54, 1.807) is 12.1 Å². The van der Waals surface area contributed by atoms with Gasteiger partial charge in [0.1, 0.15) is 0 Å². The number of amides is 2. The molecule has 0 saturated heterocycles. The summed E-state index contributed by atoms with van der Waals surface area (Å²) in [6, 6.07) is 20.9. The van der Waals surface area contributed by atoms with Crippen molar-refractivity contribution < 1.29 is 9.59 Å². The van der Waals surface area contributed by atoms with E-state index in [2.05, 4.69) is 38.8 Å². The van der Waals surface area contributed by atoms with Gasteiger partial charge in [0.2, 0.25) is 5.91 Å². The van der Waals surface area contributed by atoms with Crippen LogP contribution in [0.3, 0.4) is 0 Å². The van der Waals surface area contributed by atoms with Crippen LogP contribution < -0.4 is 16.2 Å². The second-order valence-electron chi connectivity index (χ2n) is 5.75. The van der Waals surface area contributed by atoms with Crippen LogP contribution in [0, 0.1) is 3.57 Å². The van der Waals surface area contributed by atoms with Gasteiger partial charge in [0.15, 0.2) is 5.11 Å². The van der Waals surface area contributed by atoms with Crippen LogP contribution in [0.4, 0.5) is 0 Å². The average Bonchev–Trinajstić information content (AvgIpc) is 2.67. The van der Waals surface area contributed by atoms with Crippen LogP contribution in [0.1, 0.15) is 15.9 Å². The van der Waals surface area contributed by atoms with E-state index in [4.69, 9.17) is 12.2 Å². The van der Waals surface area contributed by atoms with E-state index in [1.165, 1.54) is 0 Å². The first-order valence-corrected chi connectivity index (χ1v) is 9.64. The summed E-state index contributed by atoms with van der Waals surface area (Å²) >= 11 is 7.16. The van der Waals surface area contributed by atoms with Crippen LogP contribution >= 0.6 is 34.8 Å². The van der Waals surface area contributed by atoms with Gasteiger partial charge in [-0.15, -0.1) is 0 Å². The van der Waals surface area contributed by atoms with Crippen molar-refractivity contribution in [1.82, 2.24) is 16.2 Å². The van der Waals surface area contributed by atoms with E-state index in [9.17, 15) is 9.59 Å². The highest BCUT2D eigenvalue weighted by atomic mass is 127. The van der Waals surface area contributed by atoms with Gasteiger partial charge in [0, 0.05) is 3.57 Å². The van der Waals surface area contributed by atoms with Crippen LogP contribution in [0.15, 0.2) is 66.7 Å². The molecule has 0 radical (unpaired) electrons. The predicted octanol–water partition coefficient (Wildman–Crippen LogP) is 3.32. The van der Waals surface area contributed by atoms with Crippen molar-refractivity contribution in [3.8, 4) is 0 Å². The zero-order valence-electron chi connectivity index (χ0n) is 14.2. The summed E-state index contributed by atoms with van der Waals surface area (Å²) < 4.78 is 0.820. The Balaban J connectivity index is 1.55. The molecule has 7 heteroatoms. The van der Waals surface area contributed by atoms with Crippen LogP contribution in [0.25, 0.3) is 10.8 Å². The molecule has 0 unspecified atom stereocenters. The lowest BCUT2D eigenvalue weighted by Crippen LogP contribution is -2.48. The average molecular weight is 489 g/mol. The minimum absolute atomic E-state index is 0.0412. The van der Waals surface area contributed by atoms with Crippen LogP contribution in [0.5, 0.6) is 0 Å². The predicted molar refractivity (Wildman–Crippen MR) is 118 cm³/mol. The second-order valence-corrected chi connectivity index (χ2v) is 7.32. The SMILES string of the molecule is O=C(Cc1cccc2ccccc12)NC(=S)NNC(=O)c1ccccc1I. The first-order chi connectivity index (χ1) is 13.0. The highest BCUT2D eigenvalue weighted by Crippen LogP contribution is 2.18. The Bertz CT molecular complexity index is 1020. The summed E-state index contributed by atoms with van der Waals surface area (Å²) in [7, 11) is 0. The maximum Gasteiger partial charge on any atom is 0.270 e. The van der Waals surface area contributed by atoms with Crippen molar-refractivity contribution in [2.45, 2.75) is 6.42 Å². The molecule has 2 amide bonds. The molecule has 0 atom stereocenters. The number of thiocarbonyl (C=S) groups is 1. The lowest BCUT2D eigenvalue weighted by Gasteiger charge is -2.12. The summed E-state index contributed by atoms with van der Waals surface area (Å²) in [5, 5.41) is 4.73. The third-order valence-corrected chi connectivity index (χ3v) is 5.04. The summed E-state index contributed by atoms with van der Waals surface area (Å²) in [5.41, 5.74) is 6.48. The molecule has 3 aromatic rings. The molecule has 0 aliphatic carbocycles. The van der Waals surface area contributed by atoms with Gasteiger partial charge in [0.25, 0.3) is 5.91 Å². The monoisotopic (exact) mass is 489 g/mol. The molecule has 27 heavy (non-hydrogen) atoms. The van der Waals surface area contributed by atoms with Crippen molar-refractivity contribution in [3.63, 3.8) is 0 Å². The summed E-state index contributed by atoms with van der Waals surface area (Å²) in [6.45, 7) is 0. The second kappa shape index (κ2) is 8.92. The lowest BCUT2D eigenvalue weighted by atomic mass is 10.0. The third-order valence-electron chi connectivity index (χ3n) is 3.89. The Labute approximate surface area is 175 Å². The molecule has 0 spiro atoms. The zero-order chi connectivity index (χ0) is 19.2. The topological polar surface area (TPSA) is 70.2 Å². The molecule has 0 aliphatic rings. The maximum atomic E-state index is 12.3. The highest BCUT2D eigenvalue weighted by molar-refractivity contribution is 14.1. The standard InChI is InChI=1S/C20H16IN3O2S/c21-17-11-4-3-10-16(17)19(26)23-24-20(27)22-18(25)12-14-8-5-7-13-6-1-2-9-15(13)14/h1-11H,12H2,(H,23,26)(H2,22,24,25,27). The van der Waals surface area contributed by atoms with E-state index in [0.29, 0.717) is 5.56 Å². The van der Waals surface area contributed by atoms with Crippen LogP contribution in [-0.2, 0) is 11.2 Å². The third kappa shape index (κ3) is 5.01. The molecule has 0 heterocycles. The number of benzene rings is 3. The number of hydrogen-bond donors (Lipinski definition) is 3. The minimum Gasteiger partial charge on any atom is -0.302 e. The lowest BCUT2D eigenvalue weighted by molar-refractivity contribution is -0.119. The molecule has 0 saturated carbocycles. The molecule has 136 valence electrons. The van der Waals surface area contributed by atoms with Gasteiger partial charge in [-0.25, -0.2) is 0 Å². The fourth-order valence-electron chi connectivity index (χ4n) is 2.65. The van der Waals surface area contributed by atoms with E-state index in [1.807, 2.05) is 54.6 Å². The van der Waals surface area contributed by atoms with Gasteiger partial charge in [-0.2, -0.15) is 0 Å². The van der Waals surface area contributed by atoms with Gasteiger partial charge in [0.05, 0.1) is 12.0 Å². The number of carbonyl (C=O) groups excluding carboxylic acids is 2. The van der Waals surface area contributed by atoms with Gasteiger partial charge in [-0.05, 0) is 63.3 Å². The van der Waals surface area contributed by atoms with Crippen LogP contribution in [0.2, 0.25) is 0 Å². The van der Waals surface area contributed by atoms with Crippen molar-refractivity contribution in [3.05, 3.63) is 81.4 Å². The Morgan fingerprint density at radius 2 is 1.59 bits per heavy atom. The van der Waals surface area contributed by atoms with E-state index in [0.717, 1.165) is 19.9 Å². The maximum absolute atomic E-state index is 12.3. The molecule has 3 N–H and O–H groups in total. The van der Waals surface area contributed by atoms with Crippen molar-refractivity contribution in [2.24, 2.45) is 0 Å². The fourth-order valence-corrected chi connectivity index (χ4v) is 3.45. The number of carbonyl (C=O) groups is 2. The Hall–Kier alpha value is -2.52. The summed E-state index contributed by atoms with van der Waals surface area (Å²) in [5.74, 6) is -0.585. The first-order valence-electron chi connectivity index (χ1n) is 8.16. The summed E-state index contributed by atoms with van der Waals surface area (Å²) in [4.78, 5) is 24.4. The largest absolute Gasteiger partial charge is 0.302 e. The number of fused-ring (bicyclic) bond motifs is 1. The van der Waals surface area contributed by atoms with Crippen molar-refractivity contribution in [2.75, 3.05) is 0 Å². The number of rotatable bonds is 3. The van der Waals surface area contributed by atoms with Gasteiger partial charge < -0.3 is 5.32 Å². The van der Waals surface area contributed by atoms with Crippen molar-refractivity contribution in [1.29, 1.82) is 0 Å². The molecule has 3 rings (SSSR count). The van der Waals surface area contributed by atoms with Gasteiger partial charge in [-0.1, -0.05) is 54.6 Å². The smallest absolute Gasteiger partial charge is 0.270 e. The minimum atomic E-state index is -0.328. The number of halogens is 1. The molecule has 0 aliphatic heterocycles. The quantitative estimate of drug-likeness (QED) is 0.300. The van der Waals surface area contributed by atoms with E-state index in [-0.39, 0.29) is 23.3 Å². The van der Waals surface area contributed by atoms with E-state index >= 15 is 0 Å². The number of nitrogens with one attached hydrogen (secondary N) is 3. The Morgan fingerprint density at radius 3 is 2.41 bits per heavy atom. The fraction of sp³-hybridized carbons (Fsp3) is 0.0500. The van der Waals surface area contributed by atoms with E-state index < -0.39 is 0 Å². The normalized spacial score (nSPS) is 10.3. The summed E-state index contributed by atoms with van der Waals surface area (Å²) in [6.07, 6.45) is 0.188. The molecular weight excluding hydrogens is 473 g/mol. The van der Waals surface area contributed by atoms with Gasteiger partial charge in [-0.3, -0.25) is 20.4 Å². The Morgan fingerprint density at radius 1 is 0.889 bits per heavy atom. The molecular formula is C20H16IN3O2S. The first kappa shape index (κ1) is 19.2. The molecule has 0 aromatic heterocycles. The number of hydrazine groups is 1. The van der Waals surface area contributed by atoms with Crippen molar-refractivity contribution >= 4 is 62.5 Å². The Kier molecular flexibility index (Phi) is 6.36. The molecule has 5 nitrogen and oxygen atoms in total. The number of hydrogen-bond acceptors (Lipinski definition) is 3. The molecule has 0 fully saturated rings. The highest BCUT2D eigenvalue weighted by Gasteiger charge is 2.11. The zero-order valence-corrected chi connectivity index (χ0v) is 17.1. The van der Waals surface area contributed by atoms with Gasteiger partial charge >= 0.3 is 0 Å². The molecule has 3 aromatic carbocycles.